The van der Waals surface area contributed by atoms with Gasteiger partial charge < -0.3 is 33.5 Å². The van der Waals surface area contributed by atoms with Crippen LogP contribution in [-0.2, 0) is 43.8 Å². The summed E-state index contributed by atoms with van der Waals surface area (Å²) < 4.78 is 54.4. The molecule has 4 saturated carbocycles. The molecule has 426 valence electrons. The summed E-state index contributed by atoms with van der Waals surface area (Å²) in [6.07, 6.45) is 6.03. The summed E-state index contributed by atoms with van der Waals surface area (Å²) in [6.45, 7) is 0.403. The van der Waals surface area contributed by atoms with Crippen molar-refractivity contribution in [3.05, 3.63) is 201 Å². The van der Waals surface area contributed by atoms with Gasteiger partial charge >= 0.3 is 5.97 Å². The van der Waals surface area contributed by atoms with Crippen molar-refractivity contribution in [1.82, 2.24) is 10.3 Å². The first-order valence-electron chi connectivity index (χ1n) is 26.6. The molecule has 0 saturated heterocycles. The highest BCUT2D eigenvalue weighted by Gasteiger charge is 2.47. The van der Waals surface area contributed by atoms with Crippen LogP contribution in [0.25, 0.3) is 22.5 Å². The standard InChI is InChI=1S/C33H30Cl3NO7S.C29H23BrCl3NO3/c1-42-29(38)13-14-45(40,41)23-10-7-19(8-11-23)21-16-33(39,17-21)25-12-9-22(15-28(25)36)43-18-24-31(37-44-32(24)20-5-6-20)30-26(34)3-2-4-27(30)35;30-19-8-6-16(7-9-19)18-13-29(35,14-18)22-11-10-20(12-25(22)33)36-15-21-27(34-37-28(21)17-4-5-17)26-23(31)2-1-3-24(26)32/h2-4,7-12,15,20-21,39H,5-6,13-14,16-18H2,1H3;1-3,6-12,17-18,35H,4-5,13-15H2. The Bertz CT molecular complexity index is 3760. The molecular formula is C62H53BrCl6N2O10S. The minimum Gasteiger partial charge on any atom is -0.489 e. The maximum atomic E-state index is 12.6. The summed E-state index contributed by atoms with van der Waals surface area (Å²) >= 11 is 42.7. The zero-order valence-electron chi connectivity index (χ0n) is 44.0. The SMILES string of the molecule is COC(=O)CCS(=O)(=O)c1ccc(C2CC(O)(c3ccc(OCc4c(-c5c(Cl)cccc5Cl)noc4C4CC4)cc3Cl)C2)cc1.OC1(c2ccc(OCc3c(-c4c(Cl)cccc4Cl)noc3C3CC3)cc2Cl)CC(c2ccc(Br)cc2)C1. The number of aromatic nitrogens is 2. The third-order valence-electron chi connectivity index (χ3n) is 15.8. The summed E-state index contributed by atoms with van der Waals surface area (Å²) in [5, 5.41) is 34.1. The second-order valence-electron chi connectivity index (χ2n) is 21.4. The topological polar surface area (TPSA) is 171 Å². The molecular weight excluding hydrogens is 1260 g/mol. The maximum Gasteiger partial charge on any atom is 0.306 e. The number of carbonyl (C=O) groups is 1. The van der Waals surface area contributed by atoms with Crippen LogP contribution in [0.5, 0.6) is 11.5 Å². The van der Waals surface area contributed by atoms with Crippen molar-refractivity contribution in [3.63, 3.8) is 0 Å². The molecule has 2 aromatic heterocycles. The highest BCUT2D eigenvalue weighted by atomic mass is 79.9. The second-order valence-corrected chi connectivity index (χ2v) is 26.9. The van der Waals surface area contributed by atoms with Crippen molar-refractivity contribution in [3.8, 4) is 34.0 Å². The number of esters is 1. The molecule has 0 amide bonds. The van der Waals surface area contributed by atoms with Crippen LogP contribution < -0.4 is 9.47 Å². The number of sulfone groups is 1. The van der Waals surface area contributed by atoms with Gasteiger partial charge in [-0.05, 0) is 147 Å². The fourth-order valence-corrected chi connectivity index (χ4v) is 14.2. The lowest BCUT2D eigenvalue weighted by Crippen LogP contribution is -2.40. The summed E-state index contributed by atoms with van der Waals surface area (Å²) in [6, 6.07) is 36.1. The number of benzene rings is 6. The lowest BCUT2D eigenvalue weighted by molar-refractivity contribution is -0.140. The third-order valence-corrected chi connectivity index (χ3v) is 19.9. The Labute approximate surface area is 512 Å². The van der Waals surface area contributed by atoms with Gasteiger partial charge in [-0.15, -0.1) is 0 Å². The molecule has 8 aromatic rings. The van der Waals surface area contributed by atoms with E-state index in [2.05, 4.69) is 43.1 Å². The molecule has 82 heavy (non-hydrogen) atoms. The first-order chi connectivity index (χ1) is 39.3. The highest BCUT2D eigenvalue weighted by Crippen LogP contribution is 2.55. The zero-order valence-corrected chi connectivity index (χ0v) is 50.9. The highest BCUT2D eigenvalue weighted by molar-refractivity contribution is 9.10. The van der Waals surface area contributed by atoms with E-state index in [1.54, 1.807) is 72.8 Å². The van der Waals surface area contributed by atoms with Gasteiger partial charge in [-0.2, -0.15) is 0 Å². The lowest BCUT2D eigenvalue weighted by Gasteiger charge is -2.44. The van der Waals surface area contributed by atoms with Crippen LogP contribution in [-0.4, -0.2) is 47.8 Å². The van der Waals surface area contributed by atoms with E-state index in [-0.39, 0.29) is 42.1 Å². The van der Waals surface area contributed by atoms with Crippen LogP contribution in [0.1, 0.15) is 126 Å². The molecule has 2 heterocycles. The van der Waals surface area contributed by atoms with Crippen LogP contribution in [0, 0.1) is 0 Å². The molecule has 4 fully saturated rings. The minimum atomic E-state index is -3.62. The van der Waals surface area contributed by atoms with Crippen LogP contribution >= 0.6 is 85.5 Å². The number of carbonyl (C=O) groups excluding carboxylic acids is 1. The fraction of sp³-hybridized carbons (Fsp3) is 0.306. The van der Waals surface area contributed by atoms with Crippen LogP contribution in [0.3, 0.4) is 0 Å². The molecule has 6 aromatic carbocycles. The summed E-state index contributed by atoms with van der Waals surface area (Å²) in [5.41, 5.74) is 5.39. The monoisotopic (exact) mass is 1310 g/mol. The van der Waals surface area contributed by atoms with E-state index in [4.69, 9.17) is 88.1 Å². The Balaban J connectivity index is 0.000000175. The van der Waals surface area contributed by atoms with Gasteiger partial charge in [0.25, 0.3) is 0 Å². The minimum absolute atomic E-state index is 0.0262. The number of nitrogens with zero attached hydrogens (tertiary/aromatic N) is 2. The van der Waals surface area contributed by atoms with Crippen molar-refractivity contribution in [1.29, 1.82) is 0 Å². The smallest absolute Gasteiger partial charge is 0.306 e. The van der Waals surface area contributed by atoms with E-state index < -0.39 is 27.0 Å². The van der Waals surface area contributed by atoms with Crippen molar-refractivity contribution in [2.24, 2.45) is 0 Å². The molecule has 12 rings (SSSR count). The Morgan fingerprint density at radius 3 is 1.37 bits per heavy atom. The summed E-state index contributed by atoms with van der Waals surface area (Å²) in [5.74, 6) is 2.75. The number of hydrogen-bond donors (Lipinski definition) is 2. The molecule has 0 spiro atoms. The molecule has 2 N–H and O–H groups in total. The number of halogens is 7. The van der Waals surface area contributed by atoms with E-state index >= 15 is 0 Å². The van der Waals surface area contributed by atoms with Gasteiger partial charge in [0, 0.05) is 38.6 Å². The van der Waals surface area contributed by atoms with Crippen LogP contribution in [0.4, 0.5) is 0 Å². The second kappa shape index (κ2) is 24.1. The predicted octanol–water partition coefficient (Wildman–Crippen LogP) is 17.1. The third kappa shape index (κ3) is 12.5. The Morgan fingerprint density at radius 1 is 0.585 bits per heavy atom. The van der Waals surface area contributed by atoms with Gasteiger partial charge in [-0.3, -0.25) is 4.79 Å². The molecule has 20 heteroatoms. The molecule has 4 aliphatic rings. The van der Waals surface area contributed by atoms with Crippen molar-refractivity contribution < 1.29 is 46.7 Å². The molecule has 0 aliphatic heterocycles. The summed E-state index contributed by atoms with van der Waals surface area (Å²) in [4.78, 5) is 11.5. The average molecular weight is 1310 g/mol. The number of ether oxygens (including phenoxy) is 3. The quantitative estimate of drug-likeness (QED) is 0.0780. The molecule has 0 atom stereocenters. The van der Waals surface area contributed by atoms with Crippen LogP contribution in [0.2, 0.25) is 30.1 Å². The van der Waals surface area contributed by atoms with Gasteiger partial charge in [0.1, 0.15) is 47.6 Å². The van der Waals surface area contributed by atoms with Crippen molar-refractivity contribution in [2.45, 2.75) is 111 Å². The number of hydrogen-bond acceptors (Lipinski definition) is 12. The molecule has 12 nitrogen and oxygen atoms in total. The Kier molecular flexibility index (Phi) is 17.2. The summed E-state index contributed by atoms with van der Waals surface area (Å²) in [7, 11) is -2.39. The fourth-order valence-electron chi connectivity index (χ4n) is 10.9. The average Bonchev–Trinajstić information content (AvgIpc) is 4.58. The van der Waals surface area contributed by atoms with E-state index in [9.17, 15) is 23.4 Å². The van der Waals surface area contributed by atoms with Gasteiger partial charge in [-0.1, -0.05) is 144 Å². The zero-order chi connectivity index (χ0) is 57.7. The van der Waals surface area contributed by atoms with Gasteiger partial charge in [-0.25, -0.2) is 8.42 Å². The first-order valence-corrected chi connectivity index (χ1v) is 31.3. The Morgan fingerprint density at radius 2 is 0.988 bits per heavy atom. The van der Waals surface area contributed by atoms with E-state index in [1.165, 1.54) is 24.8 Å². The molecule has 0 radical (unpaired) electrons. The van der Waals surface area contributed by atoms with Crippen molar-refractivity contribution >= 4 is 101 Å². The van der Waals surface area contributed by atoms with Gasteiger partial charge in [0.05, 0.1) is 76.6 Å². The van der Waals surface area contributed by atoms with Gasteiger partial charge in [0.2, 0.25) is 0 Å². The first kappa shape index (κ1) is 58.7. The van der Waals surface area contributed by atoms with Crippen molar-refractivity contribution in [2.75, 3.05) is 12.9 Å². The molecule has 0 unspecified atom stereocenters. The van der Waals surface area contributed by atoms with E-state index in [0.29, 0.717) is 107 Å². The van der Waals surface area contributed by atoms with Crippen LogP contribution in [0.15, 0.2) is 140 Å². The normalized spacial score (nSPS) is 20.3. The molecule has 4 aliphatic carbocycles. The number of rotatable bonds is 18. The van der Waals surface area contributed by atoms with E-state index in [0.717, 1.165) is 63.9 Å². The van der Waals surface area contributed by atoms with E-state index in [1.807, 2.05) is 24.3 Å². The Hall–Kier alpha value is -5.10. The van der Waals surface area contributed by atoms with Gasteiger partial charge in [0.15, 0.2) is 9.84 Å². The predicted molar refractivity (Wildman–Crippen MR) is 320 cm³/mol. The number of methoxy groups -OCH3 is 1. The molecule has 0 bridgehead atoms. The largest absolute Gasteiger partial charge is 0.489 e. The number of aliphatic hydroxyl groups is 2. The maximum absolute atomic E-state index is 12.6. The lowest BCUT2D eigenvalue weighted by atomic mass is 9.65.